The van der Waals surface area contributed by atoms with Crippen LogP contribution in [0, 0.1) is 0 Å². The van der Waals surface area contributed by atoms with Crippen molar-refractivity contribution in [3.63, 3.8) is 0 Å². The highest BCUT2D eigenvalue weighted by Crippen LogP contribution is 2.39. The number of benzene rings is 2. The molecule has 0 radical (unpaired) electrons. The maximum Gasteiger partial charge on any atom is 0.336 e. The van der Waals surface area contributed by atoms with Crippen LogP contribution >= 0.6 is 15.9 Å². The van der Waals surface area contributed by atoms with Crippen LogP contribution in [-0.4, -0.2) is 26.8 Å². The molecule has 7 nitrogen and oxygen atoms in total. The molecule has 0 spiro atoms. The quantitative estimate of drug-likeness (QED) is 0.373. The molecule has 4 rings (SSSR count). The van der Waals surface area contributed by atoms with E-state index in [-0.39, 0.29) is 5.56 Å². The van der Waals surface area contributed by atoms with Gasteiger partial charge in [0.25, 0.3) is 5.91 Å². The average molecular weight is 496 g/mol. The van der Waals surface area contributed by atoms with Gasteiger partial charge in [-0.15, -0.1) is 0 Å². The summed E-state index contributed by atoms with van der Waals surface area (Å²) in [4.78, 5) is 23.8. The second-order valence-corrected chi connectivity index (χ2v) is 8.20. The number of aryl methyl sites for hydroxylation is 2. The largest absolute Gasteiger partial charge is 0.478 e. The van der Waals surface area contributed by atoms with Gasteiger partial charge < -0.3 is 15.3 Å². The number of fused-ring (bicyclic) bond motifs is 1. The molecule has 32 heavy (non-hydrogen) atoms. The summed E-state index contributed by atoms with van der Waals surface area (Å²) in [5, 5.41) is 14.9. The number of halogens is 1. The third-order valence-corrected chi connectivity index (χ3v) is 6.26. The Morgan fingerprint density at radius 2 is 1.94 bits per heavy atom. The van der Waals surface area contributed by atoms with E-state index in [1.54, 1.807) is 28.9 Å². The molecule has 0 bridgehead atoms. The van der Waals surface area contributed by atoms with E-state index in [0.717, 1.165) is 22.2 Å². The van der Waals surface area contributed by atoms with E-state index in [4.69, 9.17) is 10.2 Å². The van der Waals surface area contributed by atoms with Crippen molar-refractivity contribution in [3.05, 3.63) is 75.0 Å². The number of aromatic carboxylic acids is 1. The molecule has 164 valence electrons. The Labute approximate surface area is 193 Å². The highest BCUT2D eigenvalue weighted by molar-refractivity contribution is 9.10. The molecule has 0 aliphatic carbocycles. The maximum atomic E-state index is 12.1. The highest BCUT2D eigenvalue weighted by atomic mass is 79.9. The minimum Gasteiger partial charge on any atom is -0.478 e. The highest BCUT2D eigenvalue weighted by Gasteiger charge is 2.22. The van der Waals surface area contributed by atoms with Crippen molar-refractivity contribution in [2.45, 2.75) is 33.2 Å². The number of carboxylic acid groups (broad SMARTS) is 1. The van der Waals surface area contributed by atoms with Gasteiger partial charge in [0.2, 0.25) is 0 Å². The van der Waals surface area contributed by atoms with Gasteiger partial charge in [0.15, 0.2) is 0 Å². The maximum absolute atomic E-state index is 12.1. The lowest BCUT2D eigenvalue weighted by Gasteiger charge is -2.06. The molecular formula is C24H22BrN3O4. The fourth-order valence-corrected chi connectivity index (χ4v) is 4.60. The van der Waals surface area contributed by atoms with Crippen LogP contribution in [0.4, 0.5) is 0 Å². The lowest BCUT2D eigenvalue weighted by Crippen LogP contribution is -2.19. The second-order valence-electron chi connectivity index (χ2n) is 7.41. The van der Waals surface area contributed by atoms with Gasteiger partial charge in [0.1, 0.15) is 17.0 Å². The van der Waals surface area contributed by atoms with Crippen molar-refractivity contribution in [2.75, 3.05) is 0 Å². The van der Waals surface area contributed by atoms with Crippen molar-refractivity contribution in [1.82, 2.24) is 9.78 Å². The summed E-state index contributed by atoms with van der Waals surface area (Å²) < 4.78 is 8.34. The number of carbonyl (C=O) groups is 2. The average Bonchev–Trinajstić information content (AvgIpc) is 3.31. The standard InChI is InChI=1S/C24H22BrN3O4/c1-3-18-16(21(23(26)29)28(4-2)27-18)11-13-9-10-19-17(12-13)20(25)22(32-19)14-7-5-6-8-15(14)24(30)31/h5-10,12H,3-4,11H2,1-2H3,(H2,26,29)(H,30,31). The topological polar surface area (TPSA) is 111 Å². The number of nitrogens with two attached hydrogens (primary N) is 1. The summed E-state index contributed by atoms with van der Waals surface area (Å²) in [6.45, 7) is 4.48. The van der Waals surface area contributed by atoms with Crippen molar-refractivity contribution in [3.8, 4) is 11.3 Å². The number of nitrogens with zero attached hydrogens (tertiary/aromatic N) is 2. The van der Waals surface area contributed by atoms with E-state index in [1.165, 1.54) is 0 Å². The Hall–Kier alpha value is -3.39. The van der Waals surface area contributed by atoms with Gasteiger partial charge in [-0.3, -0.25) is 9.48 Å². The molecule has 0 saturated carbocycles. The number of furan rings is 1. The summed E-state index contributed by atoms with van der Waals surface area (Å²) in [6, 6.07) is 12.5. The summed E-state index contributed by atoms with van der Waals surface area (Å²) in [6.07, 6.45) is 1.19. The van der Waals surface area contributed by atoms with E-state index < -0.39 is 11.9 Å². The third kappa shape index (κ3) is 3.71. The molecule has 3 N–H and O–H groups in total. The first-order valence-corrected chi connectivity index (χ1v) is 11.1. The van der Waals surface area contributed by atoms with Gasteiger partial charge in [0, 0.05) is 29.5 Å². The Morgan fingerprint density at radius 3 is 2.59 bits per heavy atom. The molecule has 8 heteroatoms. The number of amides is 1. The van der Waals surface area contributed by atoms with Gasteiger partial charge in [0.05, 0.1) is 15.7 Å². The molecular weight excluding hydrogens is 474 g/mol. The van der Waals surface area contributed by atoms with Crippen LogP contribution in [0.15, 0.2) is 51.4 Å². The SMILES string of the molecule is CCc1nn(CC)c(C(N)=O)c1Cc1ccc2oc(-c3ccccc3C(=O)O)c(Br)c2c1. The molecule has 0 unspecified atom stereocenters. The van der Waals surface area contributed by atoms with E-state index in [1.807, 2.05) is 32.0 Å². The lowest BCUT2D eigenvalue weighted by atomic mass is 10.00. The number of carbonyl (C=O) groups excluding carboxylic acids is 1. The second kappa shape index (κ2) is 8.63. The first-order chi connectivity index (χ1) is 15.3. The fraction of sp³-hybridized carbons (Fsp3) is 0.208. The van der Waals surface area contributed by atoms with Crippen molar-refractivity contribution < 1.29 is 19.1 Å². The zero-order chi connectivity index (χ0) is 23.0. The Bertz CT molecular complexity index is 1350. The van der Waals surface area contributed by atoms with Crippen LogP contribution < -0.4 is 5.73 Å². The number of rotatable bonds is 7. The first-order valence-electron chi connectivity index (χ1n) is 10.3. The van der Waals surface area contributed by atoms with E-state index in [2.05, 4.69) is 21.0 Å². The Balaban J connectivity index is 1.80. The van der Waals surface area contributed by atoms with Crippen molar-refractivity contribution in [1.29, 1.82) is 0 Å². The van der Waals surface area contributed by atoms with Crippen LogP contribution in [0.5, 0.6) is 0 Å². The smallest absolute Gasteiger partial charge is 0.336 e. The molecule has 1 amide bonds. The first kappa shape index (κ1) is 21.8. The van der Waals surface area contributed by atoms with Gasteiger partial charge >= 0.3 is 5.97 Å². The summed E-state index contributed by atoms with van der Waals surface area (Å²) in [5.41, 5.74) is 10.0. The van der Waals surface area contributed by atoms with Crippen LogP contribution in [0.1, 0.15) is 51.5 Å². The Morgan fingerprint density at radius 1 is 1.19 bits per heavy atom. The predicted molar refractivity (Wildman–Crippen MR) is 125 cm³/mol. The molecule has 2 aromatic heterocycles. The molecule has 0 fully saturated rings. The normalized spacial score (nSPS) is 11.2. The molecule has 0 aliphatic rings. The van der Waals surface area contributed by atoms with Crippen LogP contribution in [-0.2, 0) is 19.4 Å². The minimum absolute atomic E-state index is 0.165. The zero-order valence-electron chi connectivity index (χ0n) is 17.7. The van der Waals surface area contributed by atoms with Gasteiger partial charge in [-0.2, -0.15) is 5.10 Å². The molecule has 0 atom stereocenters. The summed E-state index contributed by atoms with van der Waals surface area (Å²) >= 11 is 3.60. The minimum atomic E-state index is -1.02. The molecule has 2 heterocycles. The molecule has 0 saturated heterocycles. The molecule has 0 aliphatic heterocycles. The lowest BCUT2D eigenvalue weighted by molar-refractivity contribution is 0.0697. The monoisotopic (exact) mass is 495 g/mol. The molecule has 2 aromatic carbocycles. The predicted octanol–water partition coefficient (Wildman–Crippen LogP) is 5.03. The summed E-state index contributed by atoms with van der Waals surface area (Å²) in [5.74, 6) is -1.05. The van der Waals surface area contributed by atoms with E-state index in [9.17, 15) is 14.7 Å². The van der Waals surface area contributed by atoms with Crippen molar-refractivity contribution >= 4 is 38.8 Å². The van der Waals surface area contributed by atoms with Crippen molar-refractivity contribution in [2.24, 2.45) is 5.73 Å². The van der Waals surface area contributed by atoms with Gasteiger partial charge in [-0.25, -0.2) is 4.79 Å². The third-order valence-electron chi connectivity index (χ3n) is 5.48. The van der Waals surface area contributed by atoms with E-state index in [0.29, 0.717) is 46.5 Å². The summed E-state index contributed by atoms with van der Waals surface area (Å²) in [7, 11) is 0. The molecule has 4 aromatic rings. The zero-order valence-corrected chi connectivity index (χ0v) is 19.3. The number of carboxylic acids is 1. The van der Waals surface area contributed by atoms with Gasteiger partial charge in [-0.05, 0) is 53.0 Å². The fourth-order valence-electron chi connectivity index (χ4n) is 3.99. The van der Waals surface area contributed by atoms with Crippen LogP contribution in [0.3, 0.4) is 0 Å². The van der Waals surface area contributed by atoms with Gasteiger partial charge in [-0.1, -0.05) is 31.2 Å². The number of aromatic nitrogens is 2. The van der Waals surface area contributed by atoms with E-state index >= 15 is 0 Å². The van der Waals surface area contributed by atoms with Crippen LogP contribution in [0.25, 0.3) is 22.3 Å². The van der Waals surface area contributed by atoms with Crippen LogP contribution in [0.2, 0.25) is 0 Å². The Kier molecular flexibility index (Phi) is 5.88. The number of hydrogen-bond donors (Lipinski definition) is 2. The number of hydrogen-bond acceptors (Lipinski definition) is 4. The number of primary amides is 1.